The first kappa shape index (κ1) is 14.1. The number of benzene rings is 1. The standard InChI is InChI=1S/C14H22FNO/c1-4-17-12(3)10-16-11(2)9-13-7-5-6-8-14(13)15/h5-8,11-12,16H,4,9-10H2,1-3H3. The number of ether oxygens (including phenoxy) is 1. The Bertz CT molecular complexity index is 330. The van der Waals surface area contributed by atoms with Gasteiger partial charge >= 0.3 is 0 Å². The highest BCUT2D eigenvalue weighted by Gasteiger charge is 2.08. The van der Waals surface area contributed by atoms with Gasteiger partial charge in [-0.3, -0.25) is 0 Å². The highest BCUT2D eigenvalue weighted by atomic mass is 19.1. The predicted octanol–water partition coefficient (Wildman–Crippen LogP) is 2.77. The Balaban J connectivity index is 2.34. The normalized spacial score (nSPS) is 14.6. The van der Waals surface area contributed by atoms with Crippen LogP contribution in [0, 0.1) is 5.82 Å². The Hall–Kier alpha value is -0.930. The molecule has 0 aromatic heterocycles. The third kappa shape index (κ3) is 5.29. The summed E-state index contributed by atoms with van der Waals surface area (Å²) in [6.07, 6.45) is 0.897. The van der Waals surface area contributed by atoms with Gasteiger partial charge in [0.05, 0.1) is 6.10 Å². The molecule has 0 radical (unpaired) electrons. The summed E-state index contributed by atoms with van der Waals surface area (Å²) < 4.78 is 18.8. The van der Waals surface area contributed by atoms with Crippen LogP contribution in [0.4, 0.5) is 4.39 Å². The van der Waals surface area contributed by atoms with Crippen LogP contribution in [0.5, 0.6) is 0 Å². The Morgan fingerprint density at radius 1 is 1.29 bits per heavy atom. The van der Waals surface area contributed by atoms with Crippen molar-refractivity contribution in [1.82, 2.24) is 5.32 Å². The quantitative estimate of drug-likeness (QED) is 0.790. The van der Waals surface area contributed by atoms with Crippen molar-refractivity contribution in [1.29, 1.82) is 0 Å². The molecule has 3 heteroatoms. The minimum absolute atomic E-state index is 0.126. The second-order valence-corrected chi connectivity index (χ2v) is 4.37. The molecule has 1 N–H and O–H groups in total. The van der Waals surface area contributed by atoms with Crippen LogP contribution >= 0.6 is 0 Å². The summed E-state index contributed by atoms with van der Waals surface area (Å²) in [6, 6.07) is 7.17. The lowest BCUT2D eigenvalue weighted by Gasteiger charge is -2.18. The zero-order valence-corrected chi connectivity index (χ0v) is 10.9. The van der Waals surface area contributed by atoms with Crippen molar-refractivity contribution >= 4 is 0 Å². The van der Waals surface area contributed by atoms with Crippen LogP contribution < -0.4 is 5.32 Å². The van der Waals surface area contributed by atoms with Crippen molar-refractivity contribution in [3.05, 3.63) is 35.6 Å². The molecular weight excluding hydrogens is 217 g/mol. The monoisotopic (exact) mass is 239 g/mol. The molecule has 0 heterocycles. The molecule has 1 aromatic rings. The van der Waals surface area contributed by atoms with Crippen LogP contribution in [0.1, 0.15) is 26.3 Å². The molecule has 2 unspecified atom stereocenters. The fourth-order valence-electron chi connectivity index (χ4n) is 1.78. The average Bonchev–Trinajstić information content (AvgIpc) is 2.30. The molecule has 17 heavy (non-hydrogen) atoms. The maximum atomic E-state index is 13.4. The van der Waals surface area contributed by atoms with Crippen LogP contribution in [-0.4, -0.2) is 25.3 Å². The second-order valence-electron chi connectivity index (χ2n) is 4.37. The van der Waals surface area contributed by atoms with E-state index in [2.05, 4.69) is 12.2 Å². The molecule has 0 spiro atoms. The van der Waals surface area contributed by atoms with E-state index in [1.807, 2.05) is 26.0 Å². The predicted molar refractivity (Wildman–Crippen MR) is 68.7 cm³/mol. The summed E-state index contributed by atoms with van der Waals surface area (Å²) in [7, 11) is 0. The first-order valence-corrected chi connectivity index (χ1v) is 6.21. The van der Waals surface area contributed by atoms with Crippen LogP contribution in [-0.2, 0) is 11.2 Å². The molecule has 0 fully saturated rings. The van der Waals surface area contributed by atoms with E-state index in [9.17, 15) is 4.39 Å². The van der Waals surface area contributed by atoms with Gasteiger partial charge in [0.15, 0.2) is 0 Å². The van der Waals surface area contributed by atoms with Crippen molar-refractivity contribution in [3.8, 4) is 0 Å². The summed E-state index contributed by atoms with van der Waals surface area (Å²) in [4.78, 5) is 0. The van der Waals surface area contributed by atoms with Crippen LogP contribution in [0.15, 0.2) is 24.3 Å². The van der Waals surface area contributed by atoms with E-state index < -0.39 is 0 Å². The van der Waals surface area contributed by atoms with E-state index in [-0.39, 0.29) is 18.0 Å². The summed E-state index contributed by atoms with van der Waals surface area (Å²) in [6.45, 7) is 7.60. The van der Waals surface area contributed by atoms with E-state index >= 15 is 0 Å². The molecule has 0 saturated heterocycles. The van der Waals surface area contributed by atoms with E-state index in [0.29, 0.717) is 6.42 Å². The topological polar surface area (TPSA) is 21.3 Å². The van der Waals surface area contributed by atoms with Gasteiger partial charge < -0.3 is 10.1 Å². The molecule has 2 atom stereocenters. The summed E-state index contributed by atoms with van der Waals surface area (Å²) >= 11 is 0. The molecular formula is C14H22FNO. The molecule has 0 amide bonds. The number of halogens is 1. The molecule has 2 nitrogen and oxygen atoms in total. The van der Waals surface area contributed by atoms with Gasteiger partial charge in [-0.05, 0) is 38.8 Å². The SMILES string of the molecule is CCOC(C)CNC(C)Cc1ccccc1F. The summed E-state index contributed by atoms with van der Waals surface area (Å²) in [5, 5.41) is 3.35. The maximum Gasteiger partial charge on any atom is 0.126 e. The second kappa shape index (κ2) is 7.41. The third-order valence-electron chi connectivity index (χ3n) is 2.69. The number of hydrogen-bond acceptors (Lipinski definition) is 2. The van der Waals surface area contributed by atoms with Gasteiger partial charge in [0.25, 0.3) is 0 Å². The zero-order chi connectivity index (χ0) is 12.7. The van der Waals surface area contributed by atoms with Crippen molar-refractivity contribution in [2.45, 2.75) is 39.3 Å². The Labute approximate surface area is 103 Å². The Morgan fingerprint density at radius 2 is 2.00 bits per heavy atom. The van der Waals surface area contributed by atoms with Crippen LogP contribution in [0.25, 0.3) is 0 Å². The fourth-order valence-corrected chi connectivity index (χ4v) is 1.78. The summed E-state index contributed by atoms with van der Waals surface area (Å²) in [5.41, 5.74) is 0.761. The van der Waals surface area contributed by atoms with Gasteiger partial charge in [0.1, 0.15) is 5.82 Å². The molecule has 0 aliphatic carbocycles. The highest BCUT2D eigenvalue weighted by Crippen LogP contribution is 2.08. The van der Waals surface area contributed by atoms with Gasteiger partial charge in [0, 0.05) is 19.2 Å². The van der Waals surface area contributed by atoms with E-state index in [1.54, 1.807) is 6.07 Å². The van der Waals surface area contributed by atoms with Gasteiger partial charge in [-0.2, -0.15) is 0 Å². The van der Waals surface area contributed by atoms with Crippen molar-refractivity contribution in [2.75, 3.05) is 13.2 Å². The van der Waals surface area contributed by atoms with Gasteiger partial charge in [-0.15, -0.1) is 0 Å². The van der Waals surface area contributed by atoms with Crippen LogP contribution in [0.3, 0.4) is 0 Å². The zero-order valence-electron chi connectivity index (χ0n) is 10.9. The minimum atomic E-state index is -0.126. The Kier molecular flexibility index (Phi) is 6.16. The van der Waals surface area contributed by atoms with Crippen molar-refractivity contribution in [2.24, 2.45) is 0 Å². The molecule has 96 valence electrons. The van der Waals surface area contributed by atoms with Crippen molar-refractivity contribution < 1.29 is 9.13 Å². The minimum Gasteiger partial charge on any atom is -0.377 e. The van der Waals surface area contributed by atoms with Gasteiger partial charge in [0.2, 0.25) is 0 Å². The third-order valence-corrected chi connectivity index (χ3v) is 2.69. The molecule has 1 aromatic carbocycles. The van der Waals surface area contributed by atoms with E-state index in [4.69, 9.17) is 4.74 Å². The number of rotatable bonds is 7. The van der Waals surface area contributed by atoms with E-state index in [1.165, 1.54) is 6.07 Å². The molecule has 0 bridgehead atoms. The molecule has 0 aliphatic heterocycles. The first-order valence-electron chi connectivity index (χ1n) is 6.21. The van der Waals surface area contributed by atoms with Crippen molar-refractivity contribution in [3.63, 3.8) is 0 Å². The Morgan fingerprint density at radius 3 is 2.65 bits per heavy atom. The van der Waals surface area contributed by atoms with Gasteiger partial charge in [-0.1, -0.05) is 18.2 Å². The fraction of sp³-hybridized carbons (Fsp3) is 0.571. The highest BCUT2D eigenvalue weighted by molar-refractivity contribution is 5.18. The van der Waals surface area contributed by atoms with E-state index in [0.717, 1.165) is 18.7 Å². The lowest BCUT2D eigenvalue weighted by Crippen LogP contribution is -2.35. The lowest BCUT2D eigenvalue weighted by molar-refractivity contribution is 0.0743. The maximum absolute atomic E-state index is 13.4. The lowest BCUT2D eigenvalue weighted by atomic mass is 10.1. The average molecular weight is 239 g/mol. The smallest absolute Gasteiger partial charge is 0.126 e. The molecule has 0 saturated carbocycles. The molecule has 1 rings (SSSR count). The largest absolute Gasteiger partial charge is 0.377 e. The first-order chi connectivity index (χ1) is 8.13. The number of nitrogens with one attached hydrogen (secondary N) is 1. The number of hydrogen-bond donors (Lipinski definition) is 1. The molecule has 0 aliphatic rings. The van der Waals surface area contributed by atoms with Crippen LogP contribution in [0.2, 0.25) is 0 Å². The summed E-state index contributed by atoms with van der Waals surface area (Å²) in [5.74, 6) is -0.126. The van der Waals surface area contributed by atoms with Gasteiger partial charge in [-0.25, -0.2) is 4.39 Å².